The molecular weight excluding hydrogens is 276 g/mol. The van der Waals surface area contributed by atoms with E-state index < -0.39 is 0 Å². The molecule has 0 spiro atoms. The van der Waals surface area contributed by atoms with Gasteiger partial charge >= 0.3 is 0 Å². The van der Waals surface area contributed by atoms with Gasteiger partial charge in [0, 0.05) is 22.7 Å². The monoisotopic (exact) mass is 298 g/mol. The summed E-state index contributed by atoms with van der Waals surface area (Å²) < 4.78 is 0. The highest BCUT2D eigenvalue weighted by atomic mass is 35.5. The summed E-state index contributed by atoms with van der Waals surface area (Å²) in [7, 11) is 0. The first-order chi connectivity index (χ1) is 9.45. The summed E-state index contributed by atoms with van der Waals surface area (Å²) in [5, 5.41) is 15.0. The van der Waals surface area contributed by atoms with Crippen LogP contribution in [0.1, 0.15) is 39.2 Å². The van der Waals surface area contributed by atoms with Gasteiger partial charge in [0.2, 0.25) is 0 Å². The summed E-state index contributed by atoms with van der Waals surface area (Å²) in [5.41, 5.74) is 0.874. The lowest BCUT2D eigenvalue weighted by Crippen LogP contribution is -2.34. The van der Waals surface area contributed by atoms with E-state index in [9.17, 15) is 10.1 Å². The van der Waals surface area contributed by atoms with Crippen molar-refractivity contribution in [2.45, 2.75) is 46.1 Å². The van der Waals surface area contributed by atoms with E-state index in [4.69, 9.17) is 11.6 Å². The van der Waals surface area contributed by atoms with E-state index in [0.717, 1.165) is 24.9 Å². The zero-order chi connectivity index (χ0) is 15.1. The lowest BCUT2D eigenvalue weighted by molar-refractivity contribution is -0.385. The van der Waals surface area contributed by atoms with Crippen molar-refractivity contribution in [3.63, 3.8) is 0 Å². The van der Waals surface area contributed by atoms with Gasteiger partial charge in [-0.15, -0.1) is 0 Å². The van der Waals surface area contributed by atoms with Crippen LogP contribution in [-0.2, 0) is 6.42 Å². The van der Waals surface area contributed by atoms with Gasteiger partial charge in [0.05, 0.1) is 4.92 Å². The largest absolute Gasteiger partial charge is 0.314 e. The van der Waals surface area contributed by atoms with Crippen molar-refractivity contribution >= 4 is 17.3 Å². The Morgan fingerprint density at radius 1 is 1.40 bits per heavy atom. The van der Waals surface area contributed by atoms with Crippen molar-refractivity contribution in [1.29, 1.82) is 0 Å². The van der Waals surface area contributed by atoms with Crippen molar-refractivity contribution in [2.75, 3.05) is 6.54 Å². The third-order valence-corrected chi connectivity index (χ3v) is 3.67. The first kappa shape index (κ1) is 16.9. The minimum absolute atomic E-state index is 0.121. The fraction of sp³-hybridized carbons (Fsp3) is 0.600. The van der Waals surface area contributed by atoms with Gasteiger partial charge in [-0.3, -0.25) is 10.1 Å². The minimum atomic E-state index is -0.356. The van der Waals surface area contributed by atoms with E-state index in [0.29, 0.717) is 23.4 Å². The summed E-state index contributed by atoms with van der Waals surface area (Å²) in [6, 6.07) is 5.29. The molecule has 1 rings (SSSR count). The molecule has 0 aliphatic carbocycles. The number of rotatable bonds is 8. The molecule has 1 aromatic carbocycles. The Balaban J connectivity index is 2.74. The third kappa shape index (κ3) is 5.10. The number of nitro benzene ring substituents is 1. The van der Waals surface area contributed by atoms with Crippen LogP contribution in [-0.4, -0.2) is 17.5 Å². The Bertz CT molecular complexity index is 449. The van der Waals surface area contributed by atoms with E-state index >= 15 is 0 Å². The molecule has 0 fully saturated rings. The number of nitro groups is 1. The average Bonchev–Trinajstić information content (AvgIpc) is 2.39. The van der Waals surface area contributed by atoms with E-state index in [-0.39, 0.29) is 10.6 Å². The van der Waals surface area contributed by atoms with Crippen LogP contribution >= 0.6 is 11.6 Å². The number of halogens is 1. The Morgan fingerprint density at radius 2 is 2.10 bits per heavy atom. The molecule has 20 heavy (non-hydrogen) atoms. The van der Waals surface area contributed by atoms with Gasteiger partial charge < -0.3 is 5.32 Å². The highest BCUT2D eigenvalue weighted by molar-refractivity contribution is 6.30. The molecule has 0 aromatic heterocycles. The molecule has 0 bridgehead atoms. The average molecular weight is 299 g/mol. The van der Waals surface area contributed by atoms with Crippen molar-refractivity contribution < 1.29 is 4.92 Å². The normalized spacial score (nSPS) is 12.7. The molecular formula is C15H23ClN2O2. The number of nitrogens with one attached hydrogen (secondary N) is 1. The zero-order valence-corrected chi connectivity index (χ0v) is 13.1. The fourth-order valence-electron chi connectivity index (χ4n) is 2.23. The Kier molecular flexibility index (Phi) is 6.96. The van der Waals surface area contributed by atoms with Gasteiger partial charge in [-0.1, -0.05) is 38.4 Å². The van der Waals surface area contributed by atoms with Crippen LogP contribution < -0.4 is 5.32 Å². The lowest BCUT2D eigenvalue weighted by Gasteiger charge is -2.22. The van der Waals surface area contributed by atoms with Crippen molar-refractivity contribution in [2.24, 2.45) is 5.92 Å². The summed E-state index contributed by atoms with van der Waals surface area (Å²) in [4.78, 5) is 10.7. The smallest absolute Gasteiger partial charge is 0.274 e. The van der Waals surface area contributed by atoms with E-state index in [1.54, 1.807) is 12.1 Å². The van der Waals surface area contributed by atoms with Gasteiger partial charge in [-0.05, 0) is 37.8 Å². The molecule has 1 atom stereocenters. The molecule has 0 heterocycles. The number of hydrogen-bond acceptors (Lipinski definition) is 3. The predicted octanol–water partition coefficient (Wildman–Crippen LogP) is 4.21. The number of hydrogen-bond donors (Lipinski definition) is 1. The van der Waals surface area contributed by atoms with E-state index in [1.807, 2.05) is 0 Å². The second kappa shape index (κ2) is 8.22. The first-order valence-corrected chi connectivity index (χ1v) is 7.49. The van der Waals surface area contributed by atoms with Gasteiger partial charge in [-0.25, -0.2) is 0 Å². The van der Waals surface area contributed by atoms with Crippen LogP contribution in [0.2, 0.25) is 5.02 Å². The number of aryl methyl sites for hydroxylation is 1. The SMILES string of the molecule is CCCNC(CCc1ccc(Cl)cc1[N+](=O)[O-])C(C)C. The Morgan fingerprint density at radius 3 is 2.65 bits per heavy atom. The van der Waals surface area contributed by atoms with Crippen molar-refractivity contribution in [1.82, 2.24) is 5.32 Å². The quantitative estimate of drug-likeness (QED) is 0.578. The maximum atomic E-state index is 11.1. The van der Waals surface area contributed by atoms with E-state index in [1.165, 1.54) is 6.07 Å². The molecule has 0 saturated carbocycles. The second-order valence-corrected chi connectivity index (χ2v) is 5.81. The molecule has 1 N–H and O–H groups in total. The van der Waals surface area contributed by atoms with Crippen LogP contribution in [0.25, 0.3) is 0 Å². The molecule has 5 heteroatoms. The van der Waals surface area contributed by atoms with E-state index in [2.05, 4.69) is 26.1 Å². The van der Waals surface area contributed by atoms with Crippen molar-refractivity contribution in [3.8, 4) is 0 Å². The lowest BCUT2D eigenvalue weighted by atomic mass is 9.96. The Labute approximate surface area is 125 Å². The molecule has 0 amide bonds. The summed E-state index contributed by atoms with van der Waals surface area (Å²) in [5.74, 6) is 0.507. The highest BCUT2D eigenvalue weighted by Crippen LogP contribution is 2.25. The summed E-state index contributed by atoms with van der Waals surface area (Å²) >= 11 is 5.83. The highest BCUT2D eigenvalue weighted by Gasteiger charge is 2.17. The van der Waals surface area contributed by atoms with Gasteiger partial charge in [-0.2, -0.15) is 0 Å². The second-order valence-electron chi connectivity index (χ2n) is 5.37. The van der Waals surface area contributed by atoms with Gasteiger partial charge in [0.15, 0.2) is 0 Å². The van der Waals surface area contributed by atoms with Crippen LogP contribution in [0.15, 0.2) is 18.2 Å². The molecule has 1 aromatic rings. The molecule has 0 saturated heterocycles. The van der Waals surface area contributed by atoms with Crippen LogP contribution in [0.5, 0.6) is 0 Å². The minimum Gasteiger partial charge on any atom is -0.314 e. The molecule has 4 nitrogen and oxygen atoms in total. The topological polar surface area (TPSA) is 55.2 Å². The van der Waals surface area contributed by atoms with Gasteiger partial charge in [0.1, 0.15) is 0 Å². The molecule has 0 aliphatic rings. The molecule has 0 radical (unpaired) electrons. The number of benzene rings is 1. The van der Waals surface area contributed by atoms with Crippen LogP contribution in [0, 0.1) is 16.0 Å². The Hall–Kier alpha value is -1.13. The predicted molar refractivity (Wildman–Crippen MR) is 83.3 cm³/mol. The zero-order valence-electron chi connectivity index (χ0n) is 12.4. The molecule has 0 aliphatic heterocycles. The van der Waals surface area contributed by atoms with Crippen LogP contribution in [0.4, 0.5) is 5.69 Å². The van der Waals surface area contributed by atoms with Gasteiger partial charge in [0.25, 0.3) is 5.69 Å². The number of nitrogens with zero attached hydrogens (tertiary/aromatic N) is 1. The third-order valence-electron chi connectivity index (χ3n) is 3.43. The molecule has 112 valence electrons. The first-order valence-electron chi connectivity index (χ1n) is 7.11. The maximum absolute atomic E-state index is 11.1. The summed E-state index contributed by atoms with van der Waals surface area (Å²) in [6.07, 6.45) is 2.66. The molecule has 1 unspecified atom stereocenters. The van der Waals surface area contributed by atoms with Crippen LogP contribution in [0.3, 0.4) is 0 Å². The van der Waals surface area contributed by atoms with Crippen molar-refractivity contribution in [3.05, 3.63) is 38.9 Å². The standard InChI is InChI=1S/C15H23ClN2O2/c1-4-9-17-14(11(2)3)8-6-12-5-7-13(16)10-15(12)18(19)20/h5,7,10-11,14,17H,4,6,8-9H2,1-3H3. The fourth-order valence-corrected chi connectivity index (χ4v) is 2.40. The maximum Gasteiger partial charge on any atom is 0.274 e. The summed E-state index contributed by atoms with van der Waals surface area (Å²) in [6.45, 7) is 7.45.